The van der Waals surface area contributed by atoms with E-state index in [1.807, 2.05) is 44.2 Å². The molecule has 0 N–H and O–H groups in total. The predicted octanol–water partition coefficient (Wildman–Crippen LogP) is 8.27. The molecule has 4 rings (SSSR count). The zero-order valence-electron chi connectivity index (χ0n) is 26.5. The fraction of sp³-hybridized carbons (Fsp3) is 0.378. The van der Waals surface area contributed by atoms with Crippen molar-refractivity contribution in [3.63, 3.8) is 0 Å². The zero-order valence-corrected chi connectivity index (χ0v) is 28.0. The van der Waals surface area contributed by atoms with Gasteiger partial charge in [-0.3, -0.25) is 4.90 Å². The summed E-state index contributed by atoms with van der Waals surface area (Å²) in [5.74, 6) is 3.99. The number of nitrogens with zero attached hydrogens (tertiary/aromatic N) is 3. The number of terminal acetylenes is 1. The Labute approximate surface area is 278 Å². The Hall–Kier alpha value is -3.47. The van der Waals surface area contributed by atoms with Gasteiger partial charge in [-0.2, -0.15) is 0 Å². The summed E-state index contributed by atoms with van der Waals surface area (Å²) in [5, 5.41) is 1.06. The molecule has 0 spiro atoms. The van der Waals surface area contributed by atoms with E-state index in [2.05, 4.69) is 29.3 Å². The second-order valence-electron chi connectivity index (χ2n) is 11.5. The van der Waals surface area contributed by atoms with Gasteiger partial charge in [-0.15, -0.1) is 6.42 Å². The molecular formula is C37H43Cl2N3O3. The summed E-state index contributed by atoms with van der Waals surface area (Å²) < 4.78 is 11.9. The van der Waals surface area contributed by atoms with Crippen LogP contribution in [0.3, 0.4) is 0 Å². The van der Waals surface area contributed by atoms with Crippen LogP contribution in [-0.4, -0.2) is 73.7 Å². The van der Waals surface area contributed by atoms with Gasteiger partial charge in [-0.05, 0) is 111 Å². The summed E-state index contributed by atoms with van der Waals surface area (Å²) in [6, 6.07) is 14.3. The predicted molar refractivity (Wildman–Crippen MR) is 185 cm³/mol. The fourth-order valence-electron chi connectivity index (χ4n) is 5.73. The Morgan fingerprint density at radius 2 is 1.71 bits per heavy atom. The fourth-order valence-corrected chi connectivity index (χ4v) is 5.97. The van der Waals surface area contributed by atoms with Crippen molar-refractivity contribution in [1.82, 2.24) is 14.7 Å². The molecule has 1 amide bonds. The van der Waals surface area contributed by atoms with Gasteiger partial charge in [0.25, 0.3) is 0 Å². The van der Waals surface area contributed by atoms with Crippen LogP contribution in [0.2, 0.25) is 5.02 Å². The summed E-state index contributed by atoms with van der Waals surface area (Å²) in [7, 11) is 2.18. The maximum atomic E-state index is 13.6. The number of benzene rings is 2. The molecule has 0 bridgehead atoms. The number of ether oxygens (including phenoxy) is 2. The minimum Gasteiger partial charge on any atom is -0.494 e. The van der Waals surface area contributed by atoms with E-state index < -0.39 is 6.09 Å². The number of amides is 1. The molecule has 8 heteroatoms. The van der Waals surface area contributed by atoms with Crippen molar-refractivity contribution < 1.29 is 14.3 Å². The quantitative estimate of drug-likeness (QED) is 0.140. The van der Waals surface area contributed by atoms with Crippen molar-refractivity contribution in [2.45, 2.75) is 39.2 Å². The maximum Gasteiger partial charge on any atom is 0.416 e. The molecule has 2 aliphatic rings. The third kappa shape index (κ3) is 9.51. The van der Waals surface area contributed by atoms with Gasteiger partial charge in [-0.1, -0.05) is 53.9 Å². The minimum atomic E-state index is -0.444. The summed E-state index contributed by atoms with van der Waals surface area (Å²) >= 11 is 12.4. The second kappa shape index (κ2) is 16.7. The molecule has 0 saturated carbocycles. The van der Waals surface area contributed by atoms with Crippen molar-refractivity contribution in [2.75, 3.05) is 52.9 Å². The highest BCUT2D eigenvalue weighted by Gasteiger charge is 2.34. The van der Waals surface area contributed by atoms with Gasteiger partial charge in [0.1, 0.15) is 11.5 Å². The number of carbonyl (C=O) groups is 1. The van der Waals surface area contributed by atoms with Crippen LogP contribution >= 0.6 is 23.2 Å². The highest BCUT2D eigenvalue weighted by atomic mass is 35.5. The summed E-state index contributed by atoms with van der Waals surface area (Å²) in [6.07, 6.45) is 11.5. The average molecular weight is 649 g/mol. The molecular weight excluding hydrogens is 605 g/mol. The second-order valence-corrected chi connectivity index (χ2v) is 12.4. The number of hydrogen-bond donors (Lipinski definition) is 0. The van der Waals surface area contributed by atoms with E-state index in [4.69, 9.17) is 39.1 Å². The first-order valence-corrected chi connectivity index (χ1v) is 16.2. The van der Waals surface area contributed by atoms with Crippen LogP contribution in [0.15, 0.2) is 94.6 Å². The Morgan fingerprint density at radius 1 is 1.04 bits per heavy atom. The van der Waals surface area contributed by atoms with Crippen molar-refractivity contribution in [3.8, 4) is 23.8 Å². The lowest BCUT2D eigenvalue weighted by Gasteiger charge is -2.38. The van der Waals surface area contributed by atoms with E-state index in [0.29, 0.717) is 35.4 Å². The lowest BCUT2D eigenvalue weighted by atomic mass is 9.84. The lowest BCUT2D eigenvalue weighted by Crippen LogP contribution is -2.44. The Balaban J connectivity index is 1.53. The molecule has 1 saturated heterocycles. The third-order valence-corrected chi connectivity index (χ3v) is 8.92. The molecule has 0 aliphatic carbocycles. The molecule has 2 heterocycles. The highest BCUT2D eigenvalue weighted by molar-refractivity contribution is 6.31. The maximum absolute atomic E-state index is 13.6. The number of likely N-dealkylation sites (N-methyl/N-ethyl adjacent to an activating group) is 1. The molecule has 0 radical (unpaired) electrons. The third-order valence-electron chi connectivity index (χ3n) is 8.41. The van der Waals surface area contributed by atoms with Gasteiger partial charge in [0.2, 0.25) is 0 Å². The van der Waals surface area contributed by atoms with Crippen molar-refractivity contribution >= 4 is 29.3 Å². The van der Waals surface area contributed by atoms with Crippen LogP contribution < -0.4 is 9.47 Å². The number of halogens is 2. The van der Waals surface area contributed by atoms with Crippen LogP contribution in [0, 0.1) is 12.3 Å². The number of unbranched alkanes of at least 4 members (excludes halogenated alkanes) is 1. The number of allylic oxidation sites excluding steroid dienone is 5. The SMILES string of the molecule is C#C/C(C)=C(/C=C(/Cl)C=C)C1=C(C)C(c2ccc(OCCCCN3CCN(C)CC3)cc2)N(C(=O)Oc2ccc(Cl)cc2)CC1. The molecule has 45 heavy (non-hydrogen) atoms. The first kappa shape index (κ1) is 34.4. The average Bonchev–Trinajstić information content (AvgIpc) is 3.05. The largest absolute Gasteiger partial charge is 0.494 e. The van der Waals surface area contributed by atoms with Crippen molar-refractivity contribution in [2.24, 2.45) is 0 Å². The van der Waals surface area contributed by atoms with Gasteiger partial charge in [0.05, 0.1) is 12.6 Å². The molecule has 2 aromatic carbocycles. The van der Waals surface area contributed by atoms with Crippen LogP contribution in [0.5, 0.6) is 11.5 Å². The van der Waals surface area contributed by atoms with Crippen molar-refractivity contribution in [1.29, 1.82) is 0 Å². The number of rotatable bonds is 11. The zero-order chi connectivity index (χ0) is 32.3. The number of carbonyl (C=O) groups excluding carboxylic acids is 1. The topological polar surface area (TPSA) is 45.2 Å². The summed E-state index contributed by atoms with van der Waals surface area (Å²) in [6.45, 7) is 14.5. The standard InChI is InChI=1S/C37H43Cl2N3O3/c1-6-27(3)35(26-30(38)7-2)34-18-20-42(37(43)45-33-16-12-31(39)13-17-33)36(28(34)4)29-10-14-32(15-11-29)44-25-9-8-19-41-23-21-40(5)22-24-41/h1,7,10-17,26,36H,2,8-9,18-25H2,3-5H3/b30-26+,35-27-. The van der Waals surface area contributed by atoms with E-state index in [-0.39, 0.29) is 6.04 Å². The normalized spacial score (nSPS) is 18.7. The monoisotopic (exact) mass is 647 g/mol. The van der Waals surface area contributed by atoms with Gasteiger partial charge in [-0.25, -0.2) is 4.79 Å². The molecule has 1 fully saturated rings. The van der Waals surface area contributed by atoms with Crippen LogP contribution in [-0.2, 0) is 0 Å². The van der Waals surface area contributed by atoms with Crippen LogP contribution in [0.1, 0.15) is 44.7 Å². The van der Waals surface area contributed by atoms with E-state index in [0.717, 1.165) is 79.2 Å². The van der Waals surface area contributed by atoms with Gasteiger partial charge < -0.3 is 19.3 Å². The van der Waals surface area contributed by atoms with Gasteiger partial charge in [0.15, 0.2) is 0 Å². The van der Waals surface area contributed by atoms with Crippen LogP contribution in [0.25, 0.3) is 0 Å². The molecule has 2 aromatic rings. The summed E-state index contributed by atoms with van der Waals surface area (Å²) in [4.78, 5) is 20.3. The Kier molecular flexibility index (Phi) is 12.8. The lowest BCUT2D eigenvalue weighted by molar-refractivity contribution is 0.135. The number of piperazine rings is 1. The van der Waals surface area contributed by atoms with Gasteiger partial charge in [0, 0.05) is 48.4 Å². The van der Waals surface area contributed by atoms with Crippen molar-refractivity contribution in [3.05, 3.63) is 105 Å². The smallest absolute Gasteiger partial charge is 0.416 e. The molecule has 0 aromatic heterocycles. The Bertz CT molecular complexity index is 1460. The molecule has 238 valence electrons. The highest BCUT2D eigenvalue weighted by Crippen LogP contribution is 2.40. The van der Waals surface area contributed by atoms with Gasteiger partial charge >= 0.3 is 6.09 Å². The Morgan fingerprint density at radius 3 is 2.36 bits per heavy atom. The number of hydrogen-bond acceptors (Lipinski definition) is 5. The van der Waals surface area contributed by atoms with E-state index in [9.17, 15) is 4.79 Å². The summed E-state index contributed by atoms with van der Waals surface area (Å²) in [5.41, 5.74) is 4.61. The minimum absolute atomic E-state index is 0.386. The van der Waals surface area contributed by atoms with Crippen LogP contribution in [0.4, 0.5) is 4.79 Å². The molecule has 2 aliphatic heterocycles. The van der Waals surface area contributed by atoms with E-state index in [1.54, 1.807) is 35.2 Å². The molecule has 6 nitrogen and oxygen atoms in total. The first-order chi connectivity index (χ1) is 21.7. The van der Waals surface area contributed by atoms with E-state index in [1.165, 1.54) is 0 Å². The van der Waals surface area contributed by atoms with E-state index >= 15 is 0 Å². The molecule has 1 atom stereocenters. The first-order valence-electron chi connectivity index (χ1n) is 15.4. The molecule has 1 unspecified atom stereocenters.